The minimum atomic E-state index is 0.312. The minimum absolute atomic E-state index is 0.312. The van der Waals surface area contributed by atoms with E-state index in [4.69, 9.17) is 0 Å². The molecule has 0 bridgehead atoms. The molecular weight excluding hydrogens is 230 g/mol. The van der Waals surface area contributed by atoms with Crippen LogP contribution in [0.15, 0.2) is 24.3 Å². The molecule has 0 aromatic heterocycles. The summed E-state index contributed by atoms with van der Waals surface area (Å²) in [6, 6.07) is 9.56. The molecular formula is C18H31N. The Labute approximate surface area is 119 Å². The summed E-state index contributed by atoms with van der Waals surface area (Å²) in [6.07, 6.45) is 1.14. The minimum Gasteiger partial charge on any atom is -0.310 e. The van der Waals surface area contributed by atoms with Crippen LogP contribution in [0.5, 0.6) is 0 Å². The zero-order valence-corrected chi connectivity index (χ0v) is 13.8. The first-order valence-corrected chi connectivity index (χ1v) is 7.39. The Balaban J connectivity index is 2.54. The summed E-state index contributed by atoms with van der Waals surface area (Å²) < 4.78 is 0. The molecule has 0 saturated carbocycles. The summed E-state index contributed by atoms with van der Waals surface area (Å²) in [5.74, 6) is 0. The molecule has 0 aliphatic rings. The van der Waals surface area contributed by atoms with Gasteiger partial charge in [-0.2, -0.15) is 0 Å². The molecule has 1 heteroatoms. The van der Waals surface area contributed by atoms with E-state index in [0.29, 0.717) is 16.9 Å². The van der Waals surface area contributed by atoms with Crippen LogP contribution in [0.4, 0.5) is 0 Å². The van der Waals surface area contributed by atoms with Crippen LogP contribution in [-0.2, 0) is 13.0 Å². The molecule has 1 nitrogen and oxygen atoms in total. The first kappa shape index (κ1) is 16.2. The Bertz CT molecular complexity index is 376. The number of nitrogens with one attached hydrogen (secondary N) is 1. The lowest BCUT2D eigenvalue weighted by Gasteiger charge is -2.28. The summed E-state index contributed by atoms with van der Waals surface area (Å²) in [4.78, 5) is 0. The lowest BCUT2D eigenvalue weighted by Crippen LogP contribution is -2.37. The monoisotopic (exact) mass is 261 g/mol. The van der Waals surface area contributed by atoms with E-state index < -0.39 is 0 Å². The fraction of sp³-hybridized carbons (Fsp3) is 0.667. The van der Waals surface area contributed by atoms with E-state index in [2.05, 4.69) is 78.0 Å². The molecule has 0 amide bonds. The summed E-state index contributed by atoms with van der Waals surface area (Å²) in [6.45, 7) is 16.9. The molecule has 0 heterocycles. The Hall–Kier alpha value is -0.820. The van der Waals surface area contributed by atoms with Crippen molar-refractivity contribution in [3.05, 3.63) is 35.4 Å². The molecule has 1 atom stereocenters. The molecule has 0 aliphatic heterocycles. The van der Waals surface area contributed by atoms with Gasteiger partial charge in [-0.05, 0) is 35.3 Å². The van der Waals surface area contributed by atoms with E-state index in [1.54, 1.807) is 0 Å². The Morgan fingerprint density at radius 1 is 0.895 bits per heavy atom. The number of hydrogen-bond donors (Lipinski definition) is 1. The molecule has 1 aromatic carbocycles. The van der Waals surface area contributed by atoms with E-state index >= 15 is 0 Å². The highest BCUT2D eigenvalue weighted by Gasteiger charge is 2.19. The van der Waals surface area contributed by atoms with Crippen molar-refractivity contribution in [1.29, 1.82) is 0 Å². The van der Waals surface area contributed by atoms with Crippen molar-refractivity contribution in [2.24, 2.45) is 10.8 Å². The van der Waals surface area contributed by atoms with Gasteiger partial charge in [-0.25, -0.2) is 0 Å². The highest BCUT2D eigenvalue weighted by molar-refractivity contribution is 5.23. The SMILES string of the molecule is C[C@@H](NCc1ccc(CC(C)(C)C)cc1)C(C)(C)C. The van der Waals surface area contributed by atoms with Gasteiger partial charge in [0.15, 0.2) is 0 Å². The molecule has 0 radical (unpaired) electrons. The van der Waals surface area contributed by atoms with Gasteiger partial charge >= 0.3 is 0 Å². The van der Waals surface area contributed by atoms with Crippen molar-refractivity contribution in [2.75, 3.05) is 0 Å². The average molecular weight is 261 g/mol. The molecule has 0 spiro atoms. The van der Waals surface area contributed by atoms with Crippen LogP contribution in [-0.4, -0.2) is 6.04 Å². The smallest absolute Gasteiger partial charge is 0.0208 e. The van der Waals surface area contributed by atoms with Crippen molar-refractivity contribution < 1.29 is 0 Å². The molecule has 0 unspecified atom stereocenters. The molecule has 1 N–H and O–H groups in total. The Morgan fingerprint density at radius 2 is 1.37 bits per heavy atom. The standard InChI is InChI=1S/C18H31N/c1-14(18(5,6)7)19-13-16-10-8-15(9-11-16)12-17(2,3)4/h8-11,14,19H,12-13H2,1-7H3/t14-/m1/s1. The summed E-state index contributed by atoms with van der Waals surface area (Å²) in [5, 5.41) is 3.61. The average Bonchev–Trinajstić information content (AvgIpc) is 2.24. The second-order valence-electron chi connectivity index (χ2n) is 8.02. The normalized spacial score (nSPS) is 14.5. The van der Waals surface area contributed by atoms with Gasteiger partial charge in [0.1, 0.15) is 0 Å². The van der Waals surface area contributed by atoms with Crippen LogP contribution in [0.1, 0.15) is 59.6 Å². The van der Waals surface area contributed by atoms with Crippen molar-refractivity contribution in [3.8, 4) is 0 Å². The third-order valence-corrected chi connectivity index (χ3v) is 3.67. The third-order valence-electron chi connectivity index (χ3n) is 3.67. The zero-order valence-electron chi connectivity index (χ0n) is 13.8. The van der Waals surface area contributed by atoms with Crippen molar-refractivity contribution in [3.63, 3.8) is 0 Å². The predicted molar refractivity (Wildman–Crippen MR) is 85.4 cm³/mol. The molecule has 19 heavy (non-hydrogen) atoms. The maximum Gasteiger partial charge on any atom is 0.0208 e. The van der Waals surface area contributed by atoms with Gasteiger partial charge in [0.2, 0.25) is 0 Å². The van der Waals surface area contributed by atoms with Crippen molar-refractivity contribution in [2.45, 2.75) is 67.5 Å². The topological polar surface area (TPSA) is 12.0 Å². The van der Waals surface area contributed by atoms with E-state index in [9.17, 15) is 0 Å². The van der Waals surface area contributed by atoms with Crippen LogP contribution < -0.4 is 5.32 Å². The summed E-state index contributed by atoms with van der Waals surface area (Å²) in [7, 11) is 0. The fourth-order valence-electron chi connectivity index (χ4n) is 1.96. The van der Waals surface area contributed by atoms with Gasteiger partial charge < -0.3 is 5.32 Å². The zero-order chi connectivity index (χ0) is 14.7. The van der Waals surface area contributed by atoms with Crippen LogP contribution in [0, 0.1) is 10.8 Å². The van der Waals surface area contributed by atoms with Gasteiger partial charge in [-0.1, -0.05) is 65.8 Å². The second-order valence-corrected chi connectivity index (χ2v) is 8.02. The maximum absolute atomic E-state index is 3.61. The highest BCUT2D eigenvalue weighted by Crippen LogP contribution is 2.21. The summed E-state index contributed by atoms with van der Waals surface area (Å²) >= 11 is 0. The lowest BCUT2D eigenvalue weighted by molar-refractivity contribution is 0.285. The van der Waals surface area contributed by atoms with Gasteiger partial charge in [-0.15, -0.1) is 0 Å². The lowest BCUT2D eigenvalue weighted by atomic mass is 9.87. The van der Waals surface area contributed by atoms with E-state index in [0.717, 1.165) is 13.0 Å². The van der Waals surface area contributed by atoms with Gasteiger partial charge in [0.25, 0.3) is 0 Å². The van der Waals surface area contributed by atoms with Crippen LogP contribution in [0.3, 0.4) is 0 Å². The van der Waals surface area contributed by atoms with Gasteiger partial charge in [0, 0.05) is 12.6 Å². The highest BCUT2D eigenvalue weighted by atomic mass is 14.9. The molecule has 108 valence electrons. The Kier molecular flexibility index (Phi) is 5.20. The molecule has 0 fully saturated rings. The van der Waals surface area contributed by atoms with Crippen LogP contribution in [0.25, 0.3) is 0 Å². The number of benzene rings is 1. The van der Waals surface area contributed by atoms with E-state index in [1.807, 2.05) is 0 Å². The van der Waals surface area contributed by atoms with E-state index in [1.165, 1.54) is 11.1 Å². The Morgan fingerprint density at radius 3 is 1.79 bits per heavy atom. The molecule has 0 saturated heterocycles. The molecule has 1 rings (SSSR count). The van der Waals surface area contributed by atoms with Crippen LogP contribution in [0.2, 0.25) is 0 Å². The van der Waals surface area contributed by atoms with Crippen LogP contribution >= 0.6 is 0 Å². The van der Waals surface area contributed by atoms with Crippen molar-refractivity contribution >= 4 is 0 Å². The second kappa shape index (κ2) is 6.09. The quantitative estimate of drug-likeness (QED) is 0.821. The first-order valence-electron chi connectivity index (χ1n) is 7.39. The van der Waals surface area contributed by atoms with E-state index in [-0.39, 0.29) is 0 Å². The molecule has 0 aliphatic carbocycles. The van der Waals surface area contributed by atoms with Gasteiger partial charge in [-0.3, -0.25) is 0 Å². The summed E-state index contributed by atoms with van der Waals surface area (Å²) in [5.41, 5.74) is 3.47. The number of hydrogen-bond acceptors (Lipinski definition) is 1. The van der Waals surface area contributed by atoms with Crippen molar-refractivity contribution in [1.82, 2.24) is 5.32 Å². The maximum atomic E-state index is 3.61. The fourth-order valence-corrected chi connectivity index (χ4v) is 1.96. The molecule has 1 aromatic rings. The third kappa shape index (κ3) is 6.24. The predicted octanol–water partition coefficient (Wildman–Crippen LogP) is 4.80. The number of rotatable bonds is 4. The first-order chi connectivity index (χ1) is 8.58. The van der Waals surface area contributed by atoms with Gasteiger partial charge in [0.05, 0.1) is 0 Å². The largest absolute Gasteiger partial charge is 0.310 e.